The second kappa shape index (κ2) is 11.2. The molecule has 2 N–H and O–H groups in total. The van der Waals surface area contributed by atoms with E-state index in [1.54, 1.807) is 6.07 Å². The molecular formula is C26H39N9O3. The largest absolute Gasteiger partial charge is 0.353 e. The SMILES string of the molecule is CC(C)[C@@H]1CC[C@@H](C)CC(=O)N2C[C@H]3C[C@H](CN(C(=O)c4cc(-n5cnnn5)n[nH]4)C3)[C@@H]2CCCC(=O)N1. The van der Waals surface area contributed by atoms with Crippen molar-refractivity contribution in [3.63, 3.8) is 0 Å². The maximum absolute atomic E-state index is 13.6. The first-order valence-electron chi connectivity index (χ1n) is 13.9. The van der Waals surface area contributed by atoms with Crippen LogP contribution in [0.5, 0.6) is 0 Å². The summed E-state index contributed by atoms with van der Waals surface area (Å²) in [6.45, 7) is 8.28. The van der Waals surface area contributed by atoms with Crippen LogP contribution in [-0.4, -0.2) is 89.6 Å². The molecule has 2 bridgehead atoms. The molecule has 3 fully saturated rings. The molecule has 0 spiro atoms. The molecule has 3 aliphatic rings. The van der Waals surface area contributed by atoms with Gasteiger partial charge in [-0.25, -0.2) is 0 Å². The first-order valence-corrected chi connectivity index (χ1v) is 13.9. The van der Waals surface area contributed by atoms with Crippen LogP contribution in [0.4, 0.5) is 0 Å². The number of hydrogen-bond acceptors (Lipinski definition) is 7. The summed E-state index contributed by atoms with van der Waals surface area (Å²) in [4.78, 5) is 43.7. The average molecular weight is 526 g/mol. The van der Waals surface area contributed by atoms with Crippen molar-refractivity contribution in [3.05, 3.63) is 18.1 Å². The van der Waals surface area contributed by atoms with Gasteiger partial charge in [0.05, 0.1) is 0 Å². The van der Waals surface area contributed by atoms with E-state index >= 15 is 0 Å². The quantitative estimate of drug-likeness (QED) is 0.622. The highest BCUT2D eigenvalue weighted by molar-refractivity contribution is 5.92. The number of hydrogen-bond donors (Lipinski definition) is 2. The van der Waals surface area contributed by atoms with E-state index in [1.165, 1.54) is 11.0 Å². The second-order valence-electron chi connectivity index (χ2n) is 11.8. The Kier molecular flexibility index (Phi) is 7.75. The fourth-order valence-corrected chi connectivity index (χ4v) is 6.45. The number of aromatic amines is 1. The molecule has 3 amide bonds. The van der Waals surface area contributed by atoms with E-state index < -0.39 is 0 Å². The Labute approximate surface area is 222 Å². The topological polar surface area (TPSA) is 142 Å². The first kappa shape index (κ1) is 26.3. The van der Waals surface area contributed by atoms with Gasteiger partial charge in [0, 0.05) is 50.6 Å². The van der Waals surface area contributed by atoms with Crippen LogP contribution in [-0.2, 0) is 9.59 Å². The number of carbonyl (C=O) groups is 3. The molecule has 5 atom stereocenters. The maximum Gasteiger partial charge on any atom is 0.271 e. The summed E-state index contributed by atoms with van der Waals surface area (Å²) in [5.41, 5.74) is 0.392. The van der Waals surface area contributed by atoms with Crippen molar-refractivity contribution >= 4 is 17.7 Å². The van der Waals surface area contributed by atoms with Crippen molar-refractivity contribution in [3.8, 4) is 5.82 Å². The molecule has 0 unspecified atom stereocenters. The van der Waals surface area contributed by atoms with E-state index in [2.05, 4.69) is 56.7 Å². The molecular weight excluding hydrogens is 486 g/mol. The molecule has 0 aromatic carbocycles. The zero-order valence-corrected chi connectivity index (χ0v) is 22.5. The van der Waals surface area contributed by atoms with Gasteiger partial charge in [-0.3, -0.25) is 19.5 Å². The Bertz CT molecular complexity index is 1130. The number of piperidine rings is 2. The van der Waals surface area contributed by atoms with Crippen molar-refractivity contribution < 1.29 is 14.4 Å². The van der Waals surface area contributed by atoms with E-state index in [0.717, 1.165) is 32.1 Å². The minimum atomic E-state index is -0.108. The summed E-state index contributed by atoms with van der Waals surface area (Å²) in [6.07, 6.45) is 6.73. The van der Waals surface area contributed by atoms with Crippen LogP contribution in [0.15, 0.2) is 12.4 Å². The average Bonchev–Trinajstić information content (AvgIpc) is 3.58. The fourth-order valence-electron chi connectivity index (χ4n) is 6.45. The molecule has 206 valence electrons. The molecule has 5 heterocycles. The zero-order chi connectivity index (χ0) is 26.8. The van der Waals surface area contributed by atoms with Gasteiger partial charge >= 0.3 is 0 Å². The van der Waals surface area contributed by atoms with Gasteiger partial charge in [-0.1, -0.05) is 20.8 Å². The minimum Gasteiger partial charge on any atom is -0.353 e. The highest BCUT2D eigenvalue weighted by Gasteiger charge is 2.44. The van der Waals surface area contributed by atoms with Gasteiger partial charge in [0.15, 0.2) is 5.82 Å². The van der Waals surface area contributed by atoms with Gasteiger partial charge in [-0.2, -0.15) is 9.78 Å². The monoisotopic (exact) mass is 525 g/mol. The van der Waals surface area contributed by atoms with Crippen molar-refractivity contribution in [1.82, 2.24) is 45.5 Å². The number of aromatic nitrogens is 6. The number of likely N-dealkylation sites (tertiary alicyclic amines) is 1. The lowest BCUT2D eigenvalue weighted by Gasteiger charge is -2.51. The van der Waals surface area contributed by atoms with Crippen LogP contribution >= 0.6 is 0 Å². The normalized spacial score (nSPS) is 29.2. The summed E-state index contributed by atoms with van der Waals surface area (Å²) in [5.74, 6) is 1.70. The predicted octanol–water partition coefficient (Wildman–Crippen LogP) is 1.81. The van der Waals surface area contributed by atoms with Crippen molar-refractivity contribution in [2.75, 3.05) is 19.6 Å². The van der Waals surface area contributed by atoms with Gasteiger partial charge in [0.1, 0.15) is 12.0 Å². The Morgan fingerprint density at radius 2 is 1.97 bits per heavy atom. The molecule has 3 aliphatic heterocycles. The number of carbonyl (C=O) groups excluding carboxylic acids is 3. The molecule has 0 aliphatic carbocycles. The number of H-pyrrole nitrogens is 1. The Morgan fingerprint density at radius 1 is 1.13 bits per heavy atom. The van der Waals surface area contributed by atoms with E-state index in [1.807, 2.05) is 4.90 Å². The smallest absolute Gasteiger partial charge is 0.271 e. The molecule has 2 aromatic heterocycles. The standard InChI is InChI=1S/C26H39N9O3/c1-16(2)20-8-7-17(3)9-25(37)34-13-18-10-19(22(34)5-4-6-24(36)28-20)14-33(12-18)26(38)21-11-23(30-29-21)35-15-27-31-32-35/h11,15-20,22H,4-10,12-14H2,1-3H3,(H,28,36)(H,29,30)/t17-,18+,19-,20+,22+/m1/s1. The van der Waals surface area contributed by atoms with E-state index in [9.17, 15) is 14.4 Å². The fraction of sp³-hybridized carbons (Fsp3) is 0.731. The van der Waals surface area contributed by atoms with Gasteiger partial charge < -0.3 is 15.1 Å². The Morgan fingerprint density at radius 3 is 2.74 bits per heavy atom. The third-order valence-electron chi connectivity index (χ3n) is 8.50. The predicted molar refractivity (Wildman–Crippen MR) is 138 cm³/mol. The van der Waals surface area contributed by atoms with Crippen molar-refractivity contribution in [2.24, 2.45) is 23.7 Å². The summed E-state index contributed by atoms with van der Waals surface area (Å²) in [7, 11) is 0. The first-order chi connectivity index (χ1) is 18.3. The molecule has 12 heteroatoms. The Hall–Kier alpha value is -3.31. The van der Waals surface area contributed by atoms with Crippen LogP contribution in [0.25, 0.3) is 5.82 Å². The summed E-state index contributed by atoms with van der Waals surface area (Å²) < 4.78 is 1.40. The summed E-state index contributed by atoms with van der Waals surface area (Å²) in [6, 6.07) is 1.84. The Balaban J connectivity index is 1.30. The molecule has 3 saturated heterocycles. The third-order valence-corrected chi connectivity index (χ3v) is 8.50. The van der Waals surface area contributed by atoms with E-state index in [0.29, 0.717) is 49.9 Å². The molecule has 2 aromatic rings. The number of nitrogens with one attached hydrogen (secondary N) is 2. The number of amides is 3. The van der Waals surface area contributed by atoms with Crippen LogP contribution < -0.4 is 5.32 Å². The minimum absolute atomic E-state index is 0.0366. The highest BCUT2D eigenvalue weighted by atomic mass is 16.2. The molecule has 0 radical (unpaired) electrons. The lowest BCUT2D eigenvalue weighted by atomic mass is 9.77. The highest BCUT2D eigenvalue weighted by Crippen LogP contribution is 2.37. The third kappa shape index (κ3) is 5.73. The van der Waals surface area contributed by atoms with Crippen LogP contribution in [0.2, 0.25) is 0 Å². The van der Waals surface area contributed by atoms with E-state index in [-0.39, 0.29) is 47.6 Å². The molecule has 12 nitrogen and oxygen atoms in total. The number of fused-ring (bicyclic) bond motifs is 4. The van der Waals surface area contributed by atoms with Gasteiger partial charge in [0.25, 0.3) is 5.91 Å². The van der Waals surface area contributed by atoms with Crippen molar-refractivity contribution in [1.29, 1.82) is 0 Å². The number of nitrogens with zero attached hydrogens (tertiary/aromatic N) is 7. The molecule has 0 saturated carbocycles. The van der Waals surface area contributed by atoms with Gasteiger partial charge in [-0.05, 0) is 66.2 Å². The summed E-state index contributed by atoms with van der Waals surface area (Å²) >= 11 is 0. The molecule has 5 rings (SSSR count). The van der Waals surface area contributed by atoms with Gasteiger partial charge in [-0.15, -0.1) is 5.10 Å². The van der Waals surface area contributed by atoms with Crippen LogP contribution in [0.3, 0.4) is 0 Å². The van der Waals surface area contributed by atoms with Crippen molar-refractivity contribution in [2.45, 2.75) is 77.8 Å². The number of rotatable bonds is 3. The second-order valence-corrected chi connectivity index (χ2v) is 11.8. The van der Waals surface area contributed by atoms with Gasteiger partial charge in [0.2, 0.25) is 11.8 Å². The van der Waals surface area contributed by atoms with Crippen LogP contribution in [0, 0.1) is 23.7 Å². The lowest BCUT2D eigenvalue weighted by Crippen LogP contribution is -2.60. The van der Waals surface area contributed by atoms with E-state index in [4.69, 9.17) is 0 Å². The number of tetrazole rings is 1. The lowest BCUT2D eigenvalue weighted by molar-refractivity contribution is -0.141. The zero-order valence-electron chi connectivity index (χ0n) is 22.5. The van der Waals surface area contributed by atoms with Crippen LogP contribution in [0.1, 0.15) is 76.2 Å². The maximum atomic E-state index is 13.6. The summed E-state index contributed by atoms with van der Waals surface area (Å²) in [5, 5.41) is 21.3. The molecule has 38 heavy (non-hydrogen) atoms.